The summed E-state index contributed by atoms with van der Waals surface area (Å²) in [5.41, 5.74) is 0.768. The zero-order valence-corrected chi connectivity index (χ0v) is 8.80. The molecule has 4 heteroatoms. The van der Waals surface area contributed by atoms with Gasteiger partial charge in [0.2, 0.25) is 0 Å². The molecule has 1 aromatic carbocycles. The van der Waals surface area contributed by atoms with Crippen LogP contribution in [-0.2, 0) is 10.2 Å². The second kappa shape index (κ2) is 3.50. The maximum Gasteiger partial charge on any atom is 0.159 e. The Kier molecular flexibility index (Phi) is 2.23. The Hall–Kier alpha value is -1.00. The van der Waals surface area contributed by atoms with Crippen molar-refractivity contribution in [3.8, 4) is 0 Å². The Morgan fingerprint density at radius 3 is 2.38 bits per heavy atom. The predicted molar refractivity (Wildman–Crippen MR) is 55.2 cm³/mol. The molecule has 2 nitrogen and oxygen atoms in total. The third kappa shape index (κ3) is 1.30. The number of hydrogen-bond donors (Lipinski definition) is 1. The molecule has 3 rings (SSSR count). The molecule has 2 aliphatic rings. The van der Waals surface area contributed by atoms with Gasteiger partial charge in [-0.05, 0) is 23.6 Å². The second-order valence-electron chi connectivity index (χ2n) is 4.63. The summed E-state index contributed by atoms with van der Waals surface area (Å²) in [5.74, 6) is -1.08. The second-order valence-corrected chi connectivity index (χ2v) is 4.63. The van der Waals surface area contributed by atoms with E-state index in [1.807, 2.05) is 0 Å². The lowest BCUT2D eigenvalue weighted by molar-refractivity contribution is -0.101. The molecule has 2 fully saturated rings. The van der Waals surface area contributed by atoms with E-state index in [-0.39, 0.29) is 5.41 Å². The minimum atomic E-state index is -0.786. The fourth-order valence-electron chi connectivity index (χ4n) is 2.45. The smallest absolute Gasteiger partial charge is 0.159 e. The van der Waals surface area contributed by atoms with Gasteiger partial charge in [0, 0.05) is 18.5 Å². The Bertz CT molecular complexity index is 413. The fourth-order valence-corrected chi connectivity index (χ4v) is 2.45. The Morgan fingerprint density at radius 1 is 1.19 bits per heavy atom. The molecule has 16 heavy (non-hydrogen) atoms. The first kappa shape index (κ1) is 10.2. The summed E-state index contributed by atoms with van der Waals surface area (Å²) >= 11 is 0. The van der Waals surface area contributed by atoms with Crippen LogP contribution in [0.15, 0.2) is 18.2 Å². The summed E-state index contributed by atoms with van der Waals surface area (Å²) in [6, 6.07) is 4.20. The van der Waals surface area contributed by atoms with E-state index in [2.05, 4.69) is 5.32 Å². The van der Waals surface area contributed by atoms with Crippen molar-refractivity contribution in [3.63, 3.8) is 0 Å². The third-order valence-corrected chi connectivity index (χ3v) is 3.78. The van der Waals surface area contributed by atoms with Crippen molar-refractivity contribution in [1.82, 2.24) is 5.32 Å². The van der Waals surface area contributed by atoms with Gasteiger partial charge in [-0.25, -0.2) is 8.78 Å². The summed E-state index contributed by atoms with van der Waals surface area (Å²) in [5, 5.41) is 3.21. The number of nitrogens with one attached hydrogen (secondary N) is 1. The lowest BCUT2D eigenvalue weighted by Gasteiger charge is -2.51. The highest BCUT2D eigenvalue weighted by Crippen LogP contribution is 2.41. The number of rotatable bonds is 2. The number of benzene rings is 1. The maximum atomic E-state index is 13.2. The Balaban J connectivity index is 1.96. The lowest BCUT2D eigenvalue weighted by atomic mass is 9.66. The van der Waals surface area contributed by atoms with Crippen molar-refractivity contribution >= 4 is 0 Å². The molecule has 0 saturated carbocycles. The molecule has 0 amide bonds. The zero-order valence-electron chi connectivity index (χ0n) is 8.80. The van der Waals surface area contributed by atoms with Gasteiger partial charge in [0.25, 0.3) is 0 Å². The van der Waals surface area contributed by atoms with Gasteiger partial charge in [-0.3, -0.25) is 0 Å². The van der Waals surface area contributed by atoms with E-state index >= 15 is 0 Å². The standard InChI is InChI=1S/C12H13F2NO/c13-10-2-1-8(3-11(10)14)12(6-16-7-12)9-4-15-5-9/h1-3,9,15H,4-7H2. The minimum absolute atomic E-state index is 0.0974. The molecule has 2 aliphatic heterocycles. The van der Waals surface area contributed by atoms with Crippen LogP contribution in [0, 0.1) is 17.6 Å². The molecule has 1 aromatic rings. The number of halogens is 2. The first-order valence-electron chi connectivity index (χ1n) is 5.46. The van der Waals surface area contributed by atoms with Gasteiger partial charge in [0.05, 0.1) is 13.2 Å². The topological polar surface area (TPSA) is 21.3 Å². The van der Waals surface area contributed by atoms with E-state index in [4.69, 9.17) is 4.74 Å². The van der Waals surface area contributed by atoms with Crippen LogP contribution in [0.4, 0.5) is 8.78 Å². The largest absolute Gasteiger partial charge is 0.379 e. The van der Waals surface area contributed by atoms with Crippen molar-refractivity contribution in [3.05, 3.63) is 35.4 Å². The molecule has 0 aromatic heterocycles. The average molecular weight is 225 g/mol. The van der Waals surface area contributed by atoms with Crippen LogP contribution >= 0.6 is 0 Å². The quantitative estimate of drug-likeness (QED) is 0.822. The van der Waals surface area contributed by atoms with Crippen molar-refractivity contribution in [2.24, 2.45) is 5.92 Å². The summed E-state index contributed by atoms with van der Waals surface area (Å²) < 4.78 is 31.4. The maximum absolute atomic E-state index is 13.2. The van der Waals surface area contributed by atoms with Crippen LogP contribution in [0.3, 0.4) is 0 Å². The normalized spacial score (nSPS) is 23.6. The Morgan fingerprint density at radius 2 is 1.94 bits per heavy atom. The van der Waals surface area contributed by atoms with Crippen molar-refractivity contribution in [1.29, 1.82) is 0 Å². The molecule has 0 aliphatic carbocycles. The number of ether oxygens (including phenoxy) is 1. The molecule has 0 atom stereocenters. The van der Waals surface area contributed by atoms with Crippen LogP contribution in [0.1, 0.15) is 5.56 Å². The monoisotopic (exact) mass is 225 g/mol. The van der Waals surface area contributed by atoms with E-state index in [9.17, 15) is 8.78 Å². The SMILES string of the molecule is Fc1ccc(C2(C3CNC3)COC2)cc1F. The predicted octanol–water partition coefficient (Wildman–Crippen LogP) is 1.45. The van der Waals surface area contributed by atoms with Gasteiger partial charge in [-0.2, -0.15) is 0 Å². The Labute approximate surface area is 92.6 Å². The molecule has 86 valence electrons. The van der Waals surface area contributed by atoms with Gasteiger partial charge < -0.3 is 10.1 Å². The lowest BCUT2D eigenvalue weighted by Crippen LogP contribution is -2.62. The first-order valence-corrected chi connectivity index (χ1v) is 5.46. The van der Waals surface area contributed by atoms with Gasteiger partial charge in [-0.15, -0.1) is 0 Å². The van der Waals surface area contributed by atoms with Crippen molar-refractivity contribution in [2.75, 3.05) is 26.3 Å². The van der Waals surface area contributed by atoms with Crippen LogP contribution < -0.4 is 5.32 Å². The highest BCUT2D eigenvalue weighted by Gasteiger charge is 2.49. The van der Waals surface area contributed by atoms with E-state index in [0.29, 0.717) is 19.1 Å². The third-order valence-electron chi connectivity index (χ3n) is 3.78. The molecular weight excluding hydrogens is 212 g/mol. The molecule has 0 radical (unpaired) electrons. The van der Waals surface area contributed by atoms with Gasteiger partial charge >= 0.3 is 0 Å². The van der Waals surface area contributed by atoms with Crippen LogP contribution in [0.2, 0.25) is 0 Å². The van der Waals surface area contributed by atoms with E-state index in [1.54, 1.807) is 6.07 Å². The van der Waals surface area contributed by atoms with Crippen molar-refractivity contribution < 1.29 is 13.5 Å². The van der Waals surface area contributed by atoms with Crippen LogP contribution in [0.5, 0.6) is 0 Å². The van der Waals surface area contributed by atoms with E-state index in [1.165, 1.54) is 12.1 Å². The van der Waals surface area contributed by atoms with E-state index < -0.39 is 11.6 Å². The van der Waals surface area contributed by atoms with E-state index in [0.717, 1.165) is 18.7 Å². The van der Waals surface area contributed by atoms with Crippen molar-refractivity contribution in [2.45, 2.75) is 5.41 Å². The van der Waals surface area contributed by atoms with Crippen LogP contribution in [0.25, 0.3) is 0 Å². The van der Waals surface area contributed by atoms with Gasteiger partial charge in [0.1, 0.15) is 0 Å². The molecular formula is C12H13F2NO. The summed E-state index contributed by atoms with van der Waals surface area (Å²) in [6.07, 6.45) is 0. The minimum Gasteiger partial charge on any atom is -0.379 e. The molecule has 1 N–H and O–H groups in total. The summed E-state index contributed by atoms with van der Waals surface area (Å²) in [7, 11) is 0. The fraction of sp³-hybridized carbons (Fsp3) is 0.500. The highest BCUT2D eigenvalue weighted by atomic mass is 19.2. The molecule has 0 spiro atoms. The summed E-state index contributed by atoms with van der Waals surface area (Å²) in [6.45, 7) is 3.10. The first-order chi connectivity index (χ1) is 7.72. The molecule has 2 heterocycles. The zero-order chi connectivity index (χ0) is 11.2. The van der Waals surface area contributed by atoms with Gasteiger partial charge in [-0.1, -0.05) is 6.07 Å². The molecule has 0 unspecified atom stereocenters. The van der Waals surface area contributed by atoms with Crippen LogP contribution in [-0.4, -0.2) is 26.3 Å². The summed E-state index contributed by atoms with van der Waals surface area (Å²) in [4.78, 5) is 0. The van der Waals surface area contributed by atoms with Gasteiger partial charge in [0.15, 0.2) is 11.6 Å². The molecule has 0 bridgehead atoms. The number of hydrogen-bond acceptors (Lipinski definition) is 2. The highest BCUT2D eigenvalue weighted by molar-refractivity contribution is 5.31. The average Bonchev–Trinajstić information content (AvgIpc) is 2.13. The molecule has 2 saturated heterocycles.